The normalized spacial score (nSPS) is 21.3. The number of carbonyl (C=O) groups is 1. The van der Waals surface area contributed by atoms with Gasteiger partial charge in [0.25, 0.3) is 0 Å². The molecule has 0 spiro atoms. The summed E-state index contributed by atoms with van der Waals surface area (Å²) >= 11 is 0. The topological polar surface area (TPSA) is 103 Å². The molecule has 1 amide bonds. The Morgan fingerprint density at radius 3 is 2.79 bits per heavy atom. The Labute approximate surface area is 166 Å². The van der Waals surface area contributed by atoms with E-state index in [1.54, 1.807) is 55.6 Å². The number of amides is 1. The summed E-state index contributed by atoms with van der Waals surface area (Å²) in [5.74, 6) is -1.44. The fraction of sp³-hybridized carbons (Fsp3) is 0.250. The predicted molar refractivity (Wildman–Crippen MR) is 106 cm³/mol. The van der Waals surface area contributed by atoms with Gasteiger partial charge >= 0.3 is 0 Å². The van der Waals surface area contributed by atoms with Gasteiger partial charge in [0, 0.05) is 43.0 Å². The van der Waals surface area contributed by atoms with Gasteiger partial charge in [-0.1, -0.05) is 6.08 Å². The second-order valence-electron chi connectivity index (χ2n) is 7.05. The van der Waals surface area contributed by atoms with Crippen LogP contribution in [-0.4, -0.2) is 49.3 Å². The van der Waals surface area contributed by atoms with Crippen LogP contribution in [0.3, 0.4) is 0 Å². The Bertz CT molecular complexity index is 1140. The molecule has 29 heavy (non-hydrogen) atoms. The van der Waals surface area contributed by atoms with Crippen LogP contribution in [-0.2, 0) is 11.8 Å². The highest BCUT2D eigenvalue weighted by molar-refractivity contribution is 5.94. The van der Waals surface area contributed by atoms with Gasteiger partial charge in [-0.3, -0.25) is 29.9 Å². The first kappa shape index (κ1) is 18.7. The maximum Gasteiger partial charge on any atom is 0.236 e. The second-order valence-corrected chi connectivity index (χ2v) is 7.05. The van der Waals surface area contributed by atoms with E-state index in [9.17, 15) is 9.18 Å². The van der Waals surface area contributed by atoms with Crippen molar-refractivity contribution in [1.82, 2.24) is 19.2 Å². The number of hydrogen-bond donors (Lipinski definition) is 2. The molecule has 148 valence electrons. The van der Waals surface area contributed by atoms with E-state index in [1.807, 2.05) is 6.08 Å². The molecule has 2 aromatic rings. The average molecular weight is 393 g/mol. The van der Waals surface area contributed by atoms with E-state index < -0.39 is 23.3 Å². The number of aromatic nitrogens is 3. The van der Waals surface area contributed by atoms with Gasteiger partial charge < -0.3 is 4.90 Å². The van der Waals surface area contributed by atoms with Gasteiger partial charge in [-0.25, -0.2) is 4.39 Å². The van der Waals surface area contributed by atoms with Crippen LogP contribution in [0.2, 0.25) is 0 Å². The number of aryl methyl sites for hydroxylation is 1. The standard InChI is InChI=1S/C20H20FN7O/c1-12(27-7-5-17-15(20(27)29)4-3-6-24-17)18(22)28-11-13(8-16(21)19(28)23)14-9-25-26(2)10-14/h3-12,15,17,22-23H,1-2H3/t12-,15?,17?/m0/s1. The first-order valence-electron chi connectivity index (χ1n) is 9.12. The highest BCUT2D eigenvalue weighted by Crippen LogP contribution is 2.25. The maximum absolute atomic E-state index is 14.4. The molecule has 0 bridgehead atoms. The van der Waals surface area contributed by atoms with Gasteiger partial charge in [-0.05, 0) is 25.1 Å². The summed E-state index contributed by atoms with van der Waals surface area (Å²) in [7, 11) is 1.75. The van der Waals surface area contributed by atoms with Gasteiger partial charge in [0.2, 0.25) is 5.91 Å². The van der Waals surface area contributed by atoms with Crippen molar-refractivity contribution >= 4 is 18.0 Å². The SMILES string of the molecule is C[C@@H](C(=N)n1cc(-c2cnn(C)c2)cc(F)c1=N)N1C=CC2N=CC=CC2C1=O. The van der Waals surface area contributed by atoms with Crippen molar-refractivity contribution in [2.24, 2.45) is 18.0 Å². The number of nitrogens with zero attached hydrogens (tertiary/aromatic N) is 5. The third-order valence-corrected chi connectivity index (χ3v) is 5.14. The summed E-state index contributed by atoms with van der Waals surface area (Å²) in [5.41, 5.74) is 0.722. The summed E-state index contributed by atoms with van der Waals surface area (Å²) < 4.78 is 17.2. The van der Waals surface area contributed by atoms with Crippen LogP contribution in [0.15, 0.2) is 54.1 Å². The Morgan fingerprint density at radius 2 is 2.07 bits per heavy atom. The molecule has 0 fully saturated rings. The number of allylic oxidation sites excluding steroid dienone is 1. The number of aliphatic imine (C=N–C) groups is 1. The zero-order chi connectivity index (χ0) is 20.7. The van der Waals surface area contributed by atoms with Crippen molar-refractivity contribution in [3.05, 3.63) is 60.4 Å². The minimum atomic E-state index is -0.756. The van der Waals surface area contributed by atoms with Crippen molar-refractivity contribution in [3.8, 4) is 11.1 Å². The molecule has 9 heteroatoms. The van der Waals surface area contributed by atoms with Crippen molar-refractivity contribution in [3.63, 3.8) is 0 Å². The van der Waals surface area contributed by atoms with Crippen LogP contribution >= 0.6 is 0 Å². The molecule has 0 saturated heterocycles. The lowest BCUT2D eigenvalue weighted by atomic mass is 9.93. The molecular weight excluding hydrogens is 373 g/mol. The number of fused-ring (bicyclic) bond motifs is 1. The van der Waals surface area contributed by atoms with Gasteiger partial charge in [0.05, 0.1) is 24.2 Å². The van der Waals surface area contributed by atoms with Crippen LogP contribution in [0, 0.1) is 22.6 Å². The summed E-state index contributed by atoms with van der Waals surface area (Å²) in [6.07, 6.45) is 13.4. The summed E-state index contributed by atoms with van der Waals surface area (Å²) in [5, 5.41) is 20.7. The quantitative estimate of drug-likeness (QED) is 0.612. The monoisotopic (exact) mass is 393 g/mol. The molecular formula is C20H20FN7O. The largest absolute Gasteiger partial charge is 0.308 e. The number of nitrogens with one attached hydrogen (secondary N) is 2. The molecule has 0 saturated carbocycles. The Kier molecular flexibility index (Phi) is 4.57. The van der Waals surface area contributed by atoms with E-state index >= 15 is 0 Å². The molecule has 4 rings (SSSR count). The predicted octanol–water partition coefficient (Wildman–Crippen LogP) is 1.70. The Hall–Kier alpha value is -3.62. The van der Waals surface area contributed by atoms with Crippen molar-refractivity contribution in [1.29, 1.82) is 10.8 Å². The molecule has 2 aromatic heterocycles. The van der Waals surface area contributed by atoms with Crippen LogP contribution in [0.1, 0.15) is 6.92 Å². The molecule has 4 heterocycles. The number of hydrogen-bond acceptors (Lipinski definition) is 5. The van der Waals surface area contributed by atoms with Gasteiger partial charge in [-0.15, -0.1) is 0 Å². The minimum Gasteiger partial charge on any atom is -0.308 e. The fourth-order valence-electron chi connectivity index (χ4n) is 3.48. The van der Waals surface area contributed by atoms with Crippen LogP contribution in [0.4, 0.5) is 4.39 Å². The molecule has 2 aliphatic heterocycles. The lowest BCUT2D eigenvalue weighted by Crippen LogP contribution is -2.50. The van der Waals surface area contributed by atoms with E-state index in [0.29, 0.717) is 11.1 Å². The fourth-order valence-corrected chi connectivity index (χ4v) is 3.48. The van der Waals surface area contributed by atoms with Crippen LogP contribution < -0.4 is 5.49 Å². The molecule has 3 atom stereocenters. The maximum atomic E-state index is 14.4. The number of carbonyl (C=O) groups excluding carboxylic acids is 1. The van der Waals surface area contributed by atoms with E-state index in [-0.39, 0.29) is 17.8 Å². The lowest BCUT2D eigenvalue weighted by Gasteiger charge is -2.35. The van der Waals surface area contributed by atoms with Crippen molar-refractivity contribution in [2.75, 3.05) is 0 Å². The number of halogens is 1. The number of dihydropyridines is 1. The summed E-state index contributed by atoms with van der Waals surface area (Å²) in [6, 6.07) is 0.308. The van der Waals surface area contributed by atoms with Crippen LogP contribution in [0.25, 0.3) is 11.1 Å². The Balaban J connectivity index is 1.68. The third-order valence-electron chi connectivity index (χ3n) is 5.14. The third kappa shape index (κ3) is 3.24. The van der Waals surface area contributed by atoms with E-state index in [1.165, 1.54) is 17.2 Å². The highest BCUT2D eigenvalue weighted by Gasteiger charge is 2.35. The zero-order valence-corrected chi connectivity index (χ0v) is 16.0. The molecule has 2 unspecified atom stereocenters. The lowest BCUT2D eigenvalue weighted by molar-refractivity contribution is -0.133. The first-order valence-corrected chi connectivity index (χ1v) is 9.12. The zero-order valence-electron chi connectivity index (χ0n) is 16.0. The second kappa shape index (κ2) is 7.08. The van der Waals surface area contributed by atoms with E-state index in [0.717, 1.165) is 4.57 Å². The molecule has 0 aliphatic carbocycles. The number of pyridine rings is 1. The smallest absolute Gasteiger partial charge is 0.236 e. The van der Waals surface area contributed by atoms with E-state index in [4.69, 9.17) is 10.8 Å². The highest BCUT2D eigenvalue weighted by atomic mass is 19.1. The minimum absolute atomic E-state index is 0.0839. The number of rotatable bonds is 3. The molecule has 0 aromatic carbocycles. The van der Waals surface area contributed by atoms with Gasteiger partial charge in [0.1, 0.15) is 5.84 Å². The van der Waals surface area contributed by atoms with Gasteiger partial charge in [-0.2, -0.15) is 5.10 Å². The Morgan fingerprint density at radius 1 is 1.28 bits per heavy atom. The van der Waals surface area contributed by atoms with Crippen molar-refractivity contribution in [2.45, 2.75) is 19.0 Å². The molecule has 2 N–H and O–H groups in total. The first-order chi connectivity index (χ1) is 13.9. The summed E-state index contributed by atoms with van der Waals surface area (Å²) in [4.78, 5) is 18.6. The van der Waals surface area contributed by atoms with Crippen LogP contribution in [0.5, 0.6) is 0 Å². The van der Waals surface area contributed by atoms with Crippen molar-refractivity contribution < 1.29 is 9.18 Å². The molecule has 0 radical (unpaired) electrons. The van der Waals surface area contributed by atoms with Gasteiger partial charge in [0.15, 0.2) is 11.3 Å². The summed E-state index contributed by atoms with van der Waals surface area (Å²) in [6.45, 7) is 1.68. The molecule has 2 aliphatic rings. The average Bonchev–Trinajstić information content (AvgIpc) is 3.16. The van der Waals surface area contributed by atoms with E-state index in [2.05, 4.69) is 10.1 Å². The molecule has 8 nitrogen and oxygen atoms in total.